The summed E-state index contributed by atoms with van der Waals surface area (Å²) >= 11 is 10.1. The molecule has 0 aromatic carbocycles. The molecule has 0 radical (unpaired) electrons. The molecule has 0 saturated carbocycles. The van der Waals surface area contributed by atoms with Crippen LogP contribution in [0.3, 0.4) is 0 Å². The highest BCUT2D eigenvalue weighted by Gasteiger charge is 2.03. The first kappa shape index (κ1) is 7.05. The SMILES string of the molecule is O=C(O)CC(Cl)Cl. The molecule has 42 valence electrons. The van der Waals surface area contributed by atoms with Crippen LogP contribution in [0.15, 0.2) is 0 Å². The molecule has 2 nitrogen and oxygen atoms in total. The van der Waals surface area contributed by atoms with E-state index in [0.29, 0.717) is 0 Å². The summed E-state index contributed by atoms with van der Waals surface area (Å²) in [5, 5.41) is 7.92. The average Bonchev–Trinajstić information content (AvgIpc) is 1.27. The van der Waals surface area contributed by atoms with Crippen LogP contribution in [0.25, 0.3) is 0 Å². The number of rotatable bonds is 2. The van der Waals surface area contributed by atoms with Gasteiger partial charge in [-0.1, -0.05) is 0 Å². The number of halogens is 2. The molecule has 0 amide bonds. The number of aliphatic carboxylic acids is 1. The molecule has 1 N–H and O–H groups in total. The van der Waals surface area contributed by atoms with Crippen molar-refractivity contribution in [1.82, 2.24) is 0 Å². The van der Waals surface area contributed by atoms with Crippen LogP contribution in [0.2, 0.25) is 0 Å². The summed E-state index contributed by atoms with van der Waals surface area (Å²) in [5.74, 6) is -0.977. The van der Waals surface area contributed by atoms with Crippen LogP contribution in [0.1, 0.15) is 6.42 Å². The van der Waals surface area contributed by atoms with Gasteiger partial charge in [0.05, 0.1) is 6.42 Å². The number of hydrogen-bond donors (Lipinski definition) is 1. The summed E-state index contributed by atoms with van der Waals surface area (Å²) in [6.45, 7) is 0. The second-order valence-electron chi connectivity index (χ2n) is 0.989. The largest absolute Gasteiger partial charge is 0.481 e. The van der Waals surface area contributed by atoms with E-state index in [0.717, 1.165) is 0 Å². The minimum atomic E-state index is -0.977. The Morgan fingerprint density at radius 3 is 2.14 bits per heavy atom. The number of alkyl halides is 2. The van der Waals surface area contributed by atoms with Gasteiger partial charge in [0.1, 0.15) is 4.84 Å². The molecule has 0 rings (SSSR count). The number of carbonyl (C=O) groups is 1. The van der Waals surface area contributed by atoms with E-state index in [1.807, 2.05) is 0 Å². The van der Waals surface area contributed by atoms with Crippen LogP contribution >= 0.6 is 23.2 Å². The van der Waals surface area contributed by atoms with E-state index in [1.165, 1.54) is 0 Å². The van der Waals surface area contributed by atoms with Gasteiger partial charge in [0.25, 0.3) is 0 Å². The molecule has 0 bridgehead atoms. The maximum Gasteiger partial charge on any atom is 0.306 e. The van der Waals surface area contributed by atoms with Crippen molar-refractivity contribution in [3.8, 4) is 0 Å². The predicted molar refractivity (Wildman–Crippen MR) is 27.7 cm³/mol. The van der Waals surface area contributed by atoms with Crippen LogP contribution in [0.4, 0.5) is 0 Å². The quantitative estimate of drug-likeness (QED) is 0.590. The maximum absolute atomic E-state index is 9.64. The Bertz CT molecular complexity index is 71.3. The molecule has 0 aliphatic heterocycles. The van der Waals surface area contributed by atoms with Crippen LogP contribution in [0, 0.1) is 0 Å². The van der Waals surface area contributed by atoms with Gasteiger partial charge in [-0.3, -0.25) is 4.79 Å². The molecule has 0 aliphatic rings. The smallest absolute Gasteiger partial charge is 0.306 e. The van der Waals surface area contributed by atoms with Gasteiger partial charge in [-0.25, -0.2) is 0 Å². The molecule has 0 fully saturated rings. The summed E-state index contributed by atoms with van der Waals surface area (Å²) in [5.41, 5.74) is 0. The van der Waals surface area contributed by atoms with Crippen LogP contribution < -0.4 is 0 Å². The van der Waals surface area contributed by atoms with E-state index in [9.17, 15) is 4.79 Å². The normalized spacial score (nSPS) is 9.57. The highest BCUT2D eigenvalue weighted by molar-refractivity contribution is 6.44. The molecular weight excluding hydrogens is 139 g/mol. The molecule has 0 aromatic rings. The fourth-order valence-electron chi connectivity index (χ4n) is 0.132. The zero-order valence-corrected chi connectivity index (χ0v) is 4.91. The first-order valence-electron chi connectivity index (χ1n) is 1.63. The second-order valence-corrected chi connectivity index (χ2v) is 2.27. The van der Waals surface area contributed by atoms with Gasteiger partial charge >= 0.3 is 5.97 Å². The topological polar surface area (TPSA) is 37.3 Å². The standard InChI is InChI=1S/C3H4Cl2O2/c4-2(5)1-3(6)7/h2H,1H2,(H,6,7). The van der Waals surface area contributed by atoms with Crippen LogP contribution in [-0.4, -0.2) is 15.9 Å². The third-order valence-corrected chi connectivity index (χ3v) is 0.638. The predicted octanol–water partition coefficient (Wildman–Crippen LogP) is 1.26. The zero-order chi connectivity index (χ0) is 5.86. The number of carboxylic acid groups (broad SMARTS) is 1. The maximum atomic E-state index is 9.64. The van der Waals surface area contributed by atoms with E-state index in [4.69, 9.17) is 28.3 Å². The van der Waals surface area contributed by atoms with Crippen LogP contribution in [-0.2, 0) is 4.79 Å². The van der Waals surface area contributed by atoms with Crippen molar-refractivity contribution >= 4 is 29.2 Å². The van der Waals surface area contributed by atoms with Crippen molar-refractivity contribution in [1.29, 1.82) is 0 Å². The van der Waals surface area contributed by atoms with Gasteiger partial charge in [0.2, 0.25) is 0 Å². The van der Waals surface area contributed by atoms with Gasteiger partial charge in [0.15, 0.2) is 0 Å². The van der Waals surface area contributed by atoms with Gasteiger partial charge in [-0.15, -0.1) is 23.2 Å². The van der Waals surface area contributed by atoms with Crippen molar-refractivity contribution in [2.24, 2.45) is 0 Å². The summed E-state index contributed by atoms with van der Waals surface area (Å²) in [7, 11) is 0. The average molecular weight is 143 g/mol. The minimum absolute atomic E-state index is 0.191. The fourth-order valence-corrected chi connectivity index (χ4v) is 0.396. The minimum Gasteiger partial charge on any atom is -0.481 e. The van der Waals surface area contributed by atoms with Crippen molar-refractivity contribution in [2.45, 2.75) is 11.3 Å². The Morgan fingerprint density at radius 1 is 1.71 bits per heavy atom. The van der Waals surface area contributed by atoms with Crippen molar-refractivity contribution in [3.05, 3.63) is 0 Å². The monoisotopic (exact) mass is 142 g/mol. The summed E-state index contributed by atoms with van der Waals surface area (Å²) in [4.78, 5) is 8.86. The Balaban J connectivity index is 3.13. The van der Waals surface area contributed by atoms with E-state index >= 15 is 0 Å². The molecule has 0 saturated heterocycles. The highest BCUT2D eigenvalue weighted by Crippen LogP contribution is 2.05. The van der Waals surface area contributed by atoms with Gasteiger partial charge in [-0.2, -0.15) is 0 Å². The lowest BCUT2D eigenvalue weighted by atomic mass is 10.5. The summed E-state index contributed by atoms with van der Waals surface area (Å²) in [6.07, 6.45) is -0.191. The molecule has 0 heterocycles. The molecule has 0 aromatic heterocycles. The molecule has 0 unspecified atom stereocenters. The summed E-state index contributed by atoms with van der Waals surface area (Å²) in [6, 6.07) is 0. The van der Waals surface area contributed by atoms with E-state index in [2.05, 4.69) is 0 Å². The van der Waals surface area contributed by atoms with E-state index in [1.54, 1.807) is 0 Å². The third kappa shape index (κ3) is 6.05. The number of hydrogen-bond acceptors (Lipinski definition) is 1. The highest BCUT2D eigenvalue weighted by atomic mass is 35.5. The molecule has 4 heteroatoms. The lowest BCUT2D eigenvalue weighted by molar-refractivity contribution is -0.136. The van der Waals surface area contributed by atoms with Gasteiger partial charge in [0, 0.05) is 0 Å². The second kappa shape index (κ2) is 3.10. The van der Waals surface area contributed by atoms with Gasteiger partial charge in [-0.05, 0) is 0 Å². The molecule has 7 heavy (non-hydrogen) atoms. The van der Waals surface area contributed by atoms with Crippen LogP contribution in [0.5, 0.6) is 0 Å². The third-order valence-electron chi connectivity index (χ3n) is 0.329. The Hall–Kier alpha value is 0.0500. The lowest BCUT2D eigenvalue weighted by Gasteiger charge is -1.89. The fraction of sp³-hybridized carbons (Fsp3) is 0.667. The lowest BCUT2D eigenvalue weighted by Crippen LogP contribution is -1.99. The molecular formula is C3H4Cl2O2. The Morgan fingerprint density at radius 2 is 2.14 bits per heavy atom. The molecule has 0 atom stereocenters. The number of carboxylic acids is 1. The zero-order valence-electron chi connectivity index (χ0n) is 3.40. The first-order valence-corrected chi connectivity index (χ1v) is 2.50. The Kier molecular flexibility index (Phi) is 3.13. The van der Waals surface area contributed by atoms with E-state index in [-0.39, 0.29) is 6.42 Å². The van der Waals surface area contributed by atoms with Crippen molar-refractivity contribution < 1.29 is 9.90 Å². The molecule has 0 aliphatic carbocycles. The van der Waals surface area contributed by atoms with E-state index < -0.39 is 10.8 Å². The van der Waals surface area contributed by atoms with Crippen molar-refractivity contribution in [3.63, 3.8) is 0 Å². The van der Waals surface area contributed by atoms with Crippen molar-refractivity contribution in [2.75, 3.05) is 0 Å². The molecule has 0 spiro atoms. The van der Waals surface area contributed by atoms with Gasteiger partial charge < -0.3 is 5.11 Å². The summed E-state index contributed by atoms with van der Waals surface area (Å²) < 4.78 is 0. The Labute approximate surface area is 51.0 Å². The first-order chi connectivity index (χ1) is 3.13.